The van der Waals surface area contributed by atoms with Crippen LogP contribution in [0.15, 0.2) is 30.5 Å². The van der Waals surface area contributed by atoms with Gasteiger partial charge in [0.15, 0.2) is 0 Å². The van der Waals surface area contributed by atoms with Crippen LogP contribution < -0.4 is 20.3 Å². The van der Waals surface area contributed by atoms with Gasteiger partial charge in [0, 0.05) is 12.2 Å². The van der Waals surface area contributed by atoms with E-state index >= 15 is 0 Å². The zero-order valence-corrected chi connectivity index (χ0v) is 19.9. The van der Waals surface area contributed by atoms with Gasteiger partial charge in [-0.25, -0.2) is 9.78 Å². The molecule has 2 aromatic heterocycles. The number of urea groups is 1. The molecule has 5 rings (SSSR count). The maximum atomic E-state index is 13.3. The molecule has 1 aliphatic heterocycles. The number of amides is 3. The van der Waals surface area contributed by atoms with Gasteiger partial charge in [-0.1, -0.05) is 19.3 Å². The van der Waals surface area contributed by atoms with Gasteiger partial charge in [0.2, 0.25) is 0 Å². The van der Waals surface area contributed by atoms with Crippen molar-refractivity contribution in [3.63, 3.8) is 0 Å². The average Bonchev–Trinajstić information content (AvgIpc) is 3.15. The third-order valence-electron chi connectivity index (χ3n) is 6.17. The summed E-state index contributed by atoms with van der Waals surface area (Å²) in [6.07, 6.45) is 7.28. The molecule has 172 valence electrons. The Hall–Kier alpha value is -3.13. The molecule has 2 aliphatic rings. The average molecular weight is 465 g/mol. The molecular formula is C25H28N4O3S. The van der Waals surface area contributed by atoms with Crippen molar-refractivity contribution in [1.29, 1.82) is 0 Å². The van der Waals surface area contributed by atoms with Crippen molar-refractivity contribution in [3.8, 4) is 5.75 Å². The van der Waals surface area contributed by atoms with E-state index in [1.807, 2.05) is 45.0 Å². The van der Waals surface area contributed by atoms with E-state index < -0.39 is 0 Å². The highest BCUT2D eigenvalue weighted by molar-refractivity contribution is 7.21. The first-order valence-corrected chi connectivity index (χ1v) is 12.3. The van der Waals surface area contributed by atoms with Gasteiger partial charge in [-0.3, -0.25) is 9.69 Å². The fourth-order valence-corrected chi connectivity index (χ4v) is 5.73. The first-order valence-electron chi connectivity index (χ1n) is 11.5. The molecular weight excluding hydrogens is 436 g/mol. The van der Waals surface area contributed by atoms with Crippen LogP contribution >= 0.6 is 11.3 Å². The number of nitrogens with zero attached hydrogens (tertiary/aromatic N) is 2. The fraction of sp³-hybridized carbons (Fsp3) is 0.400. The number of benzene rings is 1. The molecule has 1 fully saturated rings. The molecule has 0 unspecified atom stereocenters. The van der Waals surface area contributed by atoms with Crippen molar-refractivity contribution >= 4 is 50.6 Å². The largest absolute Gasteiger partial charge is 0.491 e. The van der Waals surface area contributed by atoms with Crippen LogP contribution in [0.3, 0.4) is 0 Å². The fourth-order valence-electron chi connectivity index (χ4n) is 4.71. The van der Waals surface area contributed by atoms with E-state index in [1.54, 1.807) is 11.1 Å². The second-order valence-corrected chi connectivity index (χ2v) is 10.0. The van der Waals surface area contributed by atoms with Crippen LogP contribution in [0.1, 0.15) is 61.2 Å². The highest BCUT2D eigenvalue weighted by Crippen LogP contribution is 2.46. The molecule has 0 atom stereocenters. The summed E-state index contributed by atoms with van der Waals surface area (Å²) in [7, 11) is 0. The molecule has 1 aromatic carbocycles. The van der Waals surface area contributed by atoms with Crippen molar-refractivity contribution in [2.24, 2.45) is 0 Å². The molecule has 1 aliphatic carbocycles. The Balaban J connectivity index is 1.53. The van der Waals surface area contributed by atoms with Gasteiger partial charge in [-0.15, -0.1) is 11.3 Å². The number of aromatic nitrogens is 1. The molecule has 3 heterocycles. The van der Waals surface area contributed by atoms with E-state index in [2.05, 4.69) is 15.6 Å². The molecule has 2 N–H and O–H groups in total. The quantitative estimate of drug-likeness (QED) is 0.475. The van der Waals surface area contributed by atoms with Crippen LogP contribution in [0.5, 0.6) is 5.75 Å². The summed E-state index contributed by atoms with van der Waals surface area (Å²) in [6.45, 7) is 5.92. The van der Waals surface area contributed by atoms with Crippen molar-refractivity contribution in [3.05, 3.63) is 40.9 Å². The molecule has 3 aromatic rings. The van der Waals surface area contributed by atoms with Gasteiger partial charge in [0.05, 0.1) is 28.6 Å². The number of anilines is 3. The lowest BCUT2D eigenvalue weighted by atomic mass is 9.95. The van der Waals surface area contributed by atoms with E-state index in [1.165, 1.54) is 17.8 Å². The second-order valence-electron chi connectivity index (χ2n) is 9.01. The number of ether oxygens (including phenoxy) is 1. The van der Waals surface area contributed by atoms with Crippen molar-refractivity contribution in [2.45, 2.75) is 65.0 Å². The summed E-state index contributed by atoms with van der Waals surface area (Å²) in [5.41, 5.74) is 2.97. The van der Waals surface area contributed by atoms with Crippen LogP contribution in [0.2, 0.25) is 0 Å². The normalized spacial score (nSPS) is 16.2. The zero-order chi connectivity index (χ0) is 23.1. The maximum Gasteiger partial charge on any atom is 0.331 e. The van der Waals surface area contributed by atoms with Gasteiger partial charge >= 0.3 is 6.03 Å². The van der Waals surface area contributed by atoms with E-state index in [9.17, 15) is 9.59 Å². The van der Waals surface area contributed by atoms with E-state index in [0.29, 0.717) is 10.6 Å². The Labute approximate surface area is 197 Å². The molecule has 7 nitrogen and oxygen atoms in total. The summed E-state index contributed by atoms with van der Waals surface area (Å²) in [4.78, 5) is 33.8. The Bertz CT molecular complexity index is 1230. The molecule has 8 heteroatoms. The monoisotopic (exact) mass is 464 g/mol. The molecule has 0 saturated heterocycles. The lowest BCUT2D eigenvalue weighted by Gasteiger charge is -2.30. The van der Waals surface area contributed by atoms with Crippen LogP contribution in [0, 0.1) is 6.92 Å². The standard InChI is InChI=1S/C25H28N4O3S/c1-14(2)32-17-9-10-18(15(3)13-17)29-19-11-12-26-24-20(19)21(28-25(29)31)22(33-24)23(30)27-16-7-5-4-6-8-16/h9-14,16H,4-8H2,1-3H3,(H,27,30)(H,28,31). The van der Waals surface area contributed by atoms with E-state index in [0.717, 1.165) is 58.6 Å². The summed E-state index contributed by atoms with van der Waals surface area (Å²) in [5, 5.41) is 6.95. The maximum absolute atomic E-state index is 13.3. The third-order valence-corrected chi connectivity index (χ3v) is 7.27. The summed E-state index contributed by atoms with van der Waals surface area (Å²) >= 11 is 1.33. The minimum Gasteiger partial charge on any atom is -0.491 e. The molecule has 0 spiro atoms. The number of rotatable bonds is 5. The predicted octanol–water partition coefficient (Wildman–Crippen LogP) is 6.14. The second kappa shape index (κ2) is 8.67. The number of carbonyl (C=O) groups is 2. The Morgan fingerprint density at radius 3 is 2.73 bits per heavy atom. The predicted molar refractivity (Wildman–Crippen MR) is 132 cm³/mol. The summed E-state index contributed by atoms with van der Waals surface area (Å²) in [6, 6.07) is 7.44. The van der Waals surface area contributed by atoms with Gasteiger partial charge in [0.1, 0.15) is 15.5 Å². The van der Waals surface area contributed by atoms with Crippen molar-refractivity contribution < 1.29 is 14.3 Å². The minimum atomic E-state index is -0.291. The Morgan fingerprint density at radius 1 is 1.21 bits per heavy atom. The number of thiophene rings is 1. The molecule has 0 radical (unpaired) electrons. The van der Waals surface area contributed by atoms with Gasteiger partial charge in [-0.2, -0.15) is 0 Å². The number of hydrogen-bond acceptors (Lipinski definition) is 5. The van der Waals surface area contributed by atoms with Gasteiger partial charge < -0.3 is 15.4 Å². The van der Waals surface area contributed by atoms with Gasteiger partial charge in [0.25, 0.3) is 5.91 Å². The highest BCUT2D eigenvalue weighted by atomic mass is 32.1. The molecule has 3 amide bonds. The lowest BCUT2D eigenvalue weighted by Crippen LogP contribution is -2.37. The summed E-state index contributed by atoms with van der Waals surface area (Å²) < 4.78 is 5.80. The van der Waals surface area contributed by atoms with Crippen molar-refractivity contribution in [1.82, 2.24) is 10.3 Å². The Morgan fingerprint density at radius 2 is 2.00 bits per heavy atom. The van der Waals surface area contributed by atoms with Crippen LogP contribution in [-0.2, 0) is 0 Å². The Kier molecular flexibility index (Phi) is 5.70. The van der Waals surface area contributed by atoms with E-state index in [4.69, 9.17) is 4.74 Å². The molecule has 1 saturated carbocycles. The number of hydrogen-bond donors (Lipinski definition) is 2. The number of nitrogens with one attached hydrogen (secondary N) is 2. The zero-order valence-electron chi connectivity index (χ0n) is 19.1. The first kappa shape index (κ1) is 21.7. The third kappa shape index (κ3) is 4.04. The highest BCUT2D eigenvalue weighted by Gasteiger charge is 2.33. The first-order chi connectivity index (χ1) is 15.9. The van der Waals surface area contributed by atoms with Crippen LogP contribution in [0.25, 0.3) is 10.2 Å². The number of pyridine rings is 1. The van der Waals surface area contributed by atoms with Gasteiger partial charge in [-0.05, 0) is 63.4 Å². The van der Waals surface area contributed by atoms with Crippen LogP contribution in [0.4, 0.5) is 21.9 Å². The molecule has 0 bridgehead atoms. The lowest BCUT2D eigenvalue weighted by molar-refractivity contribution is 0.0932. The van der Waals surface area contributed by atoms with Crippen LogP contribution in [-0.4, -0.2) is 29.1 Å². The topological polar surface area (TPSA) is 83.6 Å². The SMILES string of the molecule is Cc1cc(OC(C)C)ccc1N1C(=O)Nc2c(C(=O)NC3CCCCC3)sc3nccc1c23. The number of carbonyl (C=O) groups excluding carboxylic acids is 2. The van der Waals surface area contributed by atoms with E-state index in [-0.39, 0.29) is 24.1 Å². The number of aryl methyl sites for hydroxylation is 1. The van der Waals surface area contributed by atoms with Crippen molar-refractivity contribution in [2.75, 3.05) is 10.2 Å². The molecule has 33 heavy (non-hydrogen) atoms. The smallest absolute Gasteiger partial charge is 0.331 e. The summed E-state index contributed by atoms with van der Waals surface area (Å²) in [5.74, 6) is 0.632. The minimum absolute atomic E-state index is 0.0694.